The monoisotopic (exact) mass is 368 g/mol. The van der Waals surface area contributed by atoms with Crippen LogP contribution >= 0.6 is 11.6 Å². The molecule has 0 spiro atoms. The normalized spacial score (nSPS) is 15.3. The molecule has 1 aromatic rings. The van der Waals surface area contributed by atoms with E-state index >= 15 is 0 Å². The maximum atomic E-state index is 12.8. The van der Waals surface area contributed by atoms with Gasteiger partial charge in [-0.15, -0.1) is 0 Å². The van der Waals surface area contributed by atoms with E-state index in [2.05, 4.69) is 19.2 Å². The number of nitrogens with zero attached hydrogens (tertiary/aromatic N) is 1. The number of hydrogen-bond donors (Lipinski definition) is 1. The second-order valence-corrected chi connectivity index (χ2v) is 7.32. The second-order valence-electron chi connectivity index (χ2n) is 6.92. The van der Waals surface area contributed by atoms with E-state index in [1.54, 1.807) is 19.2 Å². The molecule has 0 atom stereocenters. The van der Waals surface area contributed by atoms with E-state index in [0.29, 0.717) is 34.6 Å². The fourth-order valence-corrected chi connectivity index (χ4v) is 3.21. The molecule has 0 unspecified atom stereocenters. The Morgan fingerprint density at radius 1 is 1.36 bits per heavy atom. The van der Waals surface area contributed by atoms with Crippen molar-refractivity contribution in [2.24, 2.45) is 5.92 Å². The minimum absolute atomic E-state index is 0.0409. The lowest BCUT2D eigenvalue weighted by atomic mass is 10.0. The molecule has 1 heterocycles. The summed E-state index contributed by atoms with van der Waals surface area (Å²) >= 11 is 6.38. The molecule has 25 heavy (non-hydrogen) atoms. The third-order valence-corrected chi connectivity index (χ3v) is 4.88. The first-order valence-corrected chi connectivity index (χ1v) is 9.30. The van der Waals surface area contributed by atoms with Gasteiger partial charge in [-0.05, 0) is 50.4 Å². The summed E-state index contributed by atoms with van der Waals surface area (Å²) in [5, 5.41) is 3.72. The number of carbonyl (C=O) groups excluding carboxylic acids is 1. The lowest BCUT2D eigenvalue weighted by molar-refractivity contribution is 0.0703. The van der Waals surface area contributed by atoms with Gasteiger partial charge in [0.15, 0.2) is 11.5 Å². The van der Waals surface area contributed by atoms with Crippen molar-refractivity contribution in [3.8, 4) is 11.5 Å². The smallest absolute Gasteiger partial charge is 0.254 e. The Morgan fingerprint density at radius 2 is 2.04 bits per heavy atom. The van der Waals surface area contributed by atoms with E-state index in [9.17, 15) is 4.79 Å². The molecule has 1 aromatic carbocycles. The number of piperidine rings is 1. The summed E-state index contributed by atoms with van der Waals surface area (Å²) in [6, 6.07) is 3.64. The Morgan fingerprint density at radius 3 is 2.64 bits per heavy atom. The highest BCUT2D eigenvalue weighted by Gasteiger charge is 2.24. The number of benzene rings is 1. The molecule has 6 heteroatoms. The Balaban J connectivity index is 2.15. The Kier molecular flexibility index (Phi) is 7.38. The van der Waals surface area contributed by atoms with E-state index in [1.807, 2.05) is 11.9 Å². The van der Waals surface area contributed by atoms with Crippen molar-refractivity contribution in [1.82, 2.24) is 10.2 Å². The summed E-state index contributed by atoms with van der Waals surface area (Å²) in [4.78, 5) is 14.6. The van der Waals surface area contributed by atoms with E-state index in [1.165, 1.54) is 0 Å². The minimum Gasteiger partial charge on any atom is -0.493 e. The number of nitrogens with one attached hydrogen (secondary N) is 1. The zero-order valence-electron chi connectivity index (χ0n) is 15.6. The van der Waals surface area contributed by atoms with Crippen LogP contribution in [-0.2, 0) is 0 Å². The summed E-state index contributed by atoms with van der Waals surface area (Å²) in [6.45, 7) is 6.72. The van der Waals surface area contributed by atoms with Crippen molar-refractivity contribution in [3.05, 3.63) is 22.7 Å². The Bertz CT molecular complexity index is 586. The fraction of sp³-hybridized carbons (Fsp3) is 0.632. The topological polar surface area (TPSA) is 50.8 Å². The van der Waals surface area contributed by atoms with Crippen LogP contribution in [-0.4, -0.2) is 50.7 Å². The molecule has 0 radical (unpaired) electrons. The average molecular weight is 369 g/mol. The number of methoxy groups -OCH3 is 1. The third-order valence-electron chi connectivity index (χ3n) is 4.59. The lowest BCUT2D eigenvalue weighted by Crippen LogP contribution is -2.43. The van der Waals surface area contributed by atoms with Crippen LogP contribution in [0.25, 0.3) is 0 Å². The van der Waals surface area contributed by atoms with Gasteiger partial charge >= 0.3 is 0 Å². The van der Waals surface area contributed by atoms with Crippen molar-refractivity contribution < 1.29 is 14.3 Å². The fourth-order valence-electron chi connectivity index (χ4n) is 2.94. The molecule has 0 saturated carbocycles. The zero-order chi connectivity index (χ0) is 18.4. The van der Waals surface area contributed by atoms with Crippen LogP contribution in [0.5, 0.6) is 11.5 Å². The molecule has 0 aliphatic carbocycles. The van der Waals surface area contributed by atoms with Gasteiger partial charge in [-0.25, -0.2) is 0 Å². The minimum atomic E-state index is -0.0409. The molecule has 1 fully saturated rings. The van der Waals surface area contributed by atoms with Crippen molar-refractivity contribution in [1.29, 1.82) is 0 Å². The van der Waals surface area contributed by atoms with Gasteiger partial charge in [0.05, 0.1) is 18.7 Å². The predicted octanol–water partition coefficient (Wildman–Crippen LogP) is 3.60. The highest BCUT2D eigenvalue weighted by Crippen LogP contribution is 2.37. The summed E-state index contributed by atoms with van der Waals surface area (Å²) in [6.07, 6.45) is 2.85. The summed E-state index contributed by atoms with van der Waals surface area (Å²) in [5.74, 6) is 1.51. The first-order valence-electron chi connectivity index (χ1n) is 8.92. The van der Waals surface area contributed by atoms with Crippen LogP contribution < -0.4 is 14.8 Å². The molecule has 0 bridgehead atoms. The maximum absolute atomic E-state index is 12.8. The van der Waals surface area contributed by atoms with E-state index < -0.39 is 0 Å². The van der Waals surface area contributed by atoms with Gasteiger partial charge in [-0.2, -0.15) is 0 Å². The number of hydrogen-bond acceptors (Lipinski definition) is 4. The van der Waals surface area contributed by atoms with Gasteiger partial charge in [0.2, 0.25) is 0 Å². The molecule has 1 aliphatic heterocycles. The maximum Gasteiger partial charge on any atom is 0.254 e. The van der Waals surface area contributed by atoms with Gasteiger partial charge in [-0.1, -0.05) is 25.4 Å². The van der Waals surface area contributed by atoms with E-state index in [4.69, 9.17) is 21.1 Å². The van der Waals surface area contributed by atoms with Crippen molar-refractivity contribution in [3.63, 3.8) is 0 Å². The third kappa shape index (κ3) is 5.25. The predicted molar refractivity (Wildman–Crippen MR) is 101 cm³/mol. The second kappa shape index (κ2) is 9.30. The molecular formula is C19H29ClN2O3. The van der Waals surface area contributed by atoms with Crippen LogP contribution in [0.15, 0.2) is 12.1 Å². The first-order chi connectivity index (χ1) is 11.9. The SMILES string of the molecule is COc1cc(C(=O)N(C)C2CCNCC2)cc(Cl)c1OCCC(C)C. The number of amides is 1. The summed E-state index contributed by atoms with van der Waals surface area (Å²) in [7, 11) is 3.41. The van der Waals surface area contributed by atoms with Crippen LogP contribution in [0.4, 0.5) is 0 Å². The van der Waals surface area contributed by atoms with Crippen molar-refractivity contribution in [2.75, 3.05) is 33.9 Å². The number of carbonyl (C=O) groups is 1. The molecule has 1 N–H and O–H groups in total. The van der Waals surface area contributed by atoms with Crippen molar-refractivity contribution >= 4 is 17.5 Å². The molecule has 1 aliphatic rings. The zero-order valence-corrected chi connectivity index (χ0v) is 16.4. The highest BCUT2D eigenvalue weighted by atomic mass is 35.5. The molecule has 1 saturated heterocycles. The number of ether oxygens (including phenoxy) is 2. The average Bonchev–Trinajstić information content (AvgIpc) is 2.61. The Hall–Kier alpha value is -1.46. The molecule has 140 valence electrons. The highest BCUT2D eigenvalue weighted by molar-refractivity contribution is 6.32. The van der Waals surface area contributed by atoms with Crippen molar-refractivity contribution in [2.45, 2.75) is 39.2 Å². The quantitative estimate of drug-likeness (QED) is 0.799. The van der Waals surface area contributed by atoms with Crippen LogP contribution in [0.1, 0.15) is 43.5 Å². The Labute approximate surface area is 155 Å². The molecule has 2 rings (SSSR count). The molecule has 0 aromatic heterocycles. The summed E-state index contributed by atoms with van der Waals surface area (Å²) in [5.41, 5.74) is 0.527. The standard InChI is InChI=1S/C19H29ClN2O3/c1-13(2)7-10-25-18-16(20)11-14(12-17(18)24-4)19(23)22(3)15-5-8-21-9-6-15/h11-13,15,21H,5-10H2,1-4H3. The van der Waals surface area contributed by atoms with Crippen LogP contribution in [0.2, 0.25) is 5.02 Å². The molecule has 1 amide bonds. The van der Waals surface area contributed by atoms with E-state index in [0.717, 1.165) is 32.4 Å². The summed E-state index contributed by atoms with van der Waals surface area (Å²) < 4.78 is 11.2. The number of halogens is 1. The lowest BCUT2D eigenvalue weighted by Gasteiger charge is -2.31. The van der Waals surface area contributed by atoms with Crippen LogP contribution in [0, 0.1) is 5.92 Å². The van der Waals surface area contributed by atoms with Gasteiger partial charge < -0.3 is 19.7 Å². The van der Waals surface area contributed by atoms with Gasteiger partial charge in [0.1, 0.15) is 0 Å². The van der Waals surface area contributed by atoms with Gasteiger partial charge in [-0.3, -0.25) is 4.79 Å². The van der Waals surface area contributed by atoms with Gasteiger partial charge in [0.25, 0.3) is 5.91 Å². The first kappa shape index (κ1) is 19.9. The van der Waals surface area contributed by atoms with Gasteiger partial charge in [0, 0.05) is 18.7 Å². The number of rotatable bonds is 7. The van der Waals surface area contributed by atoms with E-state index in [-0.39, 0.29) is 11.9 Å². The van der Waals surface area contributed by atoms with Crippen LogP contribution in [0.3, 0.4) is 0 Å². The molecular weight excluding hydrogens is 340 g/mol. The largest absolute Gasteiger partial charge is 0.493 e. The molecule has 5 nitrogen and oxygen atoms in total.